The van der Waals surface area contributed by atoms with E-state index < -0.39 is 35.9 Å². The quantitative estimate of drug-likeness (QED) is 0.174. The third-order valence-corrected chi connectivity index (χ3v) is 5.62. The van der Waals surface area contributed by atoms with E-state index in [1.807, 2.05) is 24.3 Å². The normalized spacial score (nSPS) is 13.8. The highest BCUT2D eigenvalue weighted by atomic mass is 16.4. The van der Waals surface area contributed by atoms with Crippen LogP contribution in [-0.2, 0) is 27.2 Å². The van der Waals surface area contributed by atoms with Crippen molar-refractivity contribution in [2.24, 2.45) is 11.5 Å². The summed E-state index contributed by atoms with van der Waals surface area (Å²) in [6.07, 6.45) is 6.66. The van der Waals surface area contributed by atoms with Crippen LogP contribution in [0.25, 0.3) is 10.9 Å². The smallest absolute Gasteiger partial charge is 0.326 e. The molecule has 0 saturated carbocycles. The Balaban J connectivity index is 1.76. The zero-order valence-corrected chi connectivity index (χ0v) is 18.8. The van der Waals surface area contributed by atoms with Crippen LogP contribution in [0, 0.1) is 0 Å². The van der Waals surface area contributed by atoms with Crippen molar-refractivity contribution in [2.75, 3.05) is 6.54 Å². The van der Waals surface area contributed by atoms with E-state index in [1.165, 1.54) is 6.33 Å². The minimum Gasteiger partial charge on any atom is -0.480 e. The number of rotatable bonds is 13. The maximum atomic E-state index is 13.1. The average Bonchev–Trinajstić information content (AvgIpc) is 3.48. The van der Waals surface area contributed by atoms with Crippen LogP contribution in [-0.4, -0.2) is 62.5 Å². The first-order chi connectivity index (χ1) is 16.4. The Kier molecular flexibility index (Phi) is 8.77. The van der Waals surface area contributed by atoms with Gasteiger partial charge in [-0.05, 0) is 37.4 Å². The van der Waals surface area contributed by atoms with Gasteiger partial charge in [-0.15, -0.1) is 0 Å². The predicted molar refractivity (Wildman–Crippen MR) is 127 cm³/mol. The highest BCUT2D eigenvalue weighted by molar-refractivity contribution is 5.93. The molecule has 0 saturated heterocycles. The number of aromatic amines is 2. The zero-order chi connectivity index (χ0) is 24.5. The van der Waals surface area contributed by atoms with E-state index in [9.17, 15) is 19.5 Å². The lowest BCUT2D eigenvalue weighted by atomic mass is 10.0. The van der Waals surface area contributed by atoms with Crippen molar-refractivity contribution in [2.45, 2.75) is 50.2 Å². The first-order valence-electron chi connectivity index (χ1n) is 11.2. The molecular weight excluding hydrogens is 438 g/mol. The number of carbonyl (C=O) groups is 3. The van der Waals surface area contributed by atoms with Gasteiger partial charge in [0, 0.05) is 41.8 Å². The Hall–Kier alpha value is -3.70. The number of aliphatic carboxylic acids is 1. The lowest BCUT2D eigenvalue weighted by Gasteiger charge is -2.23. The van der Waals surface area contributed by atoms with Crippen molar-refractivity contribution in [1.82, 2.24) is 25.6 Å². The summed E-state index contributed by atoms with van der Waals surface area (Å²) in [6.45, 7) is 0.438. The van der Waals surface area contributed by atoms with Gasteiger partial charge in [0.2, 0.25) is 11.8 Å². The molecule has 182 valence electrons. The van der Waals surface area contributed by atoms with Gasteiger partial charge in [0.15, 0.2) is 0 Å². The van der Waals surface area contributed by atoms with Gasteiger partial charge in [0.05, 0.1) is 12.4 Å². The molecule has 0 radical (unpaired) electrons. The van der Waals surface area contributed by atoms with E-state index in [4.69, 9.17) is 11.5 Å². The van der Waals surface area contributed by atoms with Gasteiger partial charge in [0.25, 0.3) is 0 Å². The molecule has 1 aromatic carbocycles. The van der Waals surface area contributed by atoms with E-state index in [0.717, 1.165) is 16.5 Å². The van der Waals surface area contributed by atoms with Gasteiger partial charge in [-0.2, -0.15) is 0 Å². The summed E-state index contributed by atoms with van der Waals surface area (Å²) in [5.74, 6) is -2.25. The summed E-state index contributed by atoms with van der Waals surface area (Å²) < 4.78 is 0. The fourth-order valence-corrected chi connectivity index (χ4v) is 3.76. The van der Waals surface area contributed by atoms with Crippen molar-refractivity contribution in [3.63, 3.8) is 0 Å². The van der Waals surface area contributed by atoms with Crippen LogP contribution in [0.3, 0.4) is 0 Å². The topological polar surface area (TPSA) is 192 Å². The van der Waals surface area contributed by atoms with Gasteiger partial charge < -0.3 is 37.2 Å². The number of carboxylic acid groups (broad SMARTS) is 1. The molecule has 2 aromatic heterocycles. The molecule has 34 heavy (non-hydrogen) atoms. The number of para-hydroxylation sites is 1. The number of hydrogen-bond acceptors (Lipinski definition) is 6. The van der Waals surface area contributed by atoms with E-state index in [1.54, 1.807) is 12.4 Å². The van der Waals surface area contributed by atoms with Crippen molar-refractivity contribution >= 4 is 28.7 Å². The minimum atomic E-state index is -1.14. The number of H-pyrrole nitrogens is 2. The molecule has 0 aliphatic heterocycles. The lowest BCUT2D eigenvalue weighted by molar-refractivity contribution is -0.142. The second-order valence-electron chi connectivity index (χ2n) is 8.20. The van der Waals surface area contributed by atoms with Crippen LogP contribution in [0.4, 0.5) is 0 Å². The van der Waals surface area contributed by atoms with Gasteiger partial charge in [-0.3, -0.25) is 9.59 Å². The first-order valence-corrected chi connectivity index (χ1v) is 11.2. The summed E-state index contributed by atoms with van der Waals surface area (Å²) in [7, 11) is 0. The number of carbonyl (C=O) groups excluding carboxylic acids is 2. The van der Waals surface area contributed by atoms with Crippen molar-refractivity contribution in [1.29, 1.82) is 0 Å². The molecule has 11 heteroatoms. The molecule has 0 fully saturated rings. The molecular formula is C23H31N7O4. The van der Waals surface area contributed by atoms with Crippen LogP contribution >= 0.6 is 0 Å². The monoisotopic (exact) mass is 469 g/mol. The lowest BCUT2D eigenvalue weighted by Crippen LogP contribution is -2.55. The number of nitrogens with one attached hydrogen (secondary N) is 4. The van der Waals surface area contributed by atoms with E-state index in [-0.39, 0.29) is 19.3 Å². The van der Waals surface area contributed by atoms with Gasteiger partial charge in [-0.1, -0.05) is 18.2 Å². The second-order valence-corrected chi connectivity index (χ2v) is 8.20. The summed E-state index contributed by atoms with van der Waals surface area (Å²) in [4.78, 5) is 47.6. The fraction of sp³-hybridized carbons (Fsp3) is 0.391. The van der Waals surface area contributed by atoms with Crippen molar-refractivity contribution in [3.05, 3.63) is 54.2 Å². The maximum Gasteiger partial charge on any atom is 0.326 e. The highest BCUT2D eigenvalue weighted by Gasteiger charge is 2.29. The minimum absolute atomic E-state index is 0.160. The molecule has 0 bridgehead atoms. The van der Waals surface area contributed by atoms with Crippen LogP contribution in [0.2, 0.25) is 0 Å². The Morgan fingerprint density at radius 3 is 2.50 bits per heavy atom. The summed E-state index contributed by atoms with van der Waals surface area (Å²) in [5, 5.41) is 15.7. The van der Waals surface area contributed by atoms with E-state index >= 15 is 0 Å². The Morgan fingerprint density at radius 2 is 1.79 bits per heavy atom. The standard InChI is InChI=1S/C23H31N7O4/c24-8-4-3-7-19(23(33)34)29-22(32)20(9-14-11-27-18-6-2-1-5-16(14)18)30-21(31)17(25)10-15-12-26-13-28-15/h1-2,5-6,11-13,17,19-20,27H,3-4,7-10,24-25H2,(H,26,28)(H,29,32)(H,30,31)(H,33,34)/t17-,19-,20-/m0/s1. The Labute approximate surface area is 196 Å². The number of amides is 2. The first kappa shape index (κ1) is 24.9. The SMILES string of the molecule is NCCCC[C@H](NC(=O)[C@H](Cc1c[nH]c2ccccc12)NC(=O)[C@@H](N)Cc1cnc[nH]1)C(=O)O. The van der Waals surface area contributed by atoms with Gasteiger partial charge in [0.1, 0.15) is 12.1 Å². The summed E-state index contributed by atoms with van der Waals surface area (Å²) in [6, 6.07) is 4.57. The number of imidazole rings is 1. The number of carboxylic acids is 1. The second kappa shape index (κ2) is 12.0. The van der Waals surface area contributed by atoms with Crippen LogP contribution < -0.4 is 22.1 Å². The summed E-state index contributed by atoms with van der Waals surface area (Å²) in [5.41, 5.74) is 13.9. The Morgan fingerprint density at radius 1 is 1.03 bits per heavy atom. The number of nitrogens with two attached hydrogens (primary N) is 2. The summed E-state index contributed by atoms with van der Waals surface area (Å²) >= 11 is 0. The molecule has 0 spiro atoms. The van der Waals surface area contributed by atoms with Gasteiger partial charge >= 0.3 is 5.97 Å². The third kappa shape index (κ3) is 6.65. The number of nitrogens with zero attached hydrogens (tertiary/aromatic N) is 1. The molecule has 2 heterocycles. The van der Waals surface area contributed by atoms with Crippen LogP contribution in [0.1, 0.15) is 30.5 Å². The van der Waals surface area contributed by atoms with E-state index in [0.29, 0.717) is 25.1 Å². The zero-order valence-electron chi connectivity index (χ0n) is 18.8. The maximum absolute atomic E-state index is 13.1. The predicted octanol–water partition coefficient (Wildman–Crippen LogP) is 0.187. The van der Waals surface area contributed by atoms with Crippen LogP contribution in [0.15, 0.2) is 43.0 Å². The molecule has 3 rings (SSSR count). The number of fused-ring (bicyclic) bond motifs is 1. The molecule has 0 unspecified atom stereocenters. The van der Waals surface area contributed by atoms with Gasteiger partial charge in [-0.25, -0.2) is 9.78 Å². The highest BCUT2D eigenvalue weighted by Crippen LogP contribution is 2.19. The molecule has 11 nitrogen and oxygen atoms in total. The molecule has 3 atom stereocenters. The molecule has 0 aliphatic carbocycles. The average molecular weight is 470 g/mol. The van der Waals surface area contributed by atoms with E-state index in [2.05, 4.69) is 25.6 Å². The number of hydrogen-bond donors (Lipinski definition) is 7. The van der Waals surface area contributed by atoms with Crippen molar-refractivity contribution < 1.29 is 19.5 Å². The molecule has 0 aliphatic rings. The third-order valence-electron chi connectivity index (χ3n) is 5.62. The largest absolute Gasteiger partial charge is 0.480 e. The van der Waals surface area contributed by atoms with Crippen LogP contribution in [0.5, 0.6) is 0 Å². The van der Waals surface area contributed by atoms with Crippen molar-refractivity contribution in [3.8, 4) is 0 Å². The molecule has 9 N–H and O–H groups in total. The number of unbranched alkanes of at least 4 members (excludes halogenated alkanes) is 1. The molecule has 2 amide bonds. The number of benzene rings is 1. The number of aromatic nitrogens is 3. The fourth-order valence-electron chi connectivity index (χ4n) is 3.76. The Bertz CT molecular complexity index is 1100. The molecule has 3 aromatic rings.